The van der Waals surface area contributed by atoms with Gasteiger partial charge in [0.25, 0.3) is 0 Å². The van der Waals surface area contributed by atoms with Crippen molar-refractivity contribution < 1.29 is 0 Å². The van der Waals surface area contributed by atoms with Crippen molar-refractivity contribution in [2.45, 2.75) is 44.9 Å². The van der Waals surface area contributed by atoms with Crippen LogP contribution in [0.25, 0.3) is 5.65 Å². The lowest BCUT2D eigenvalue weighted by atomic mass is 10.0. The first-order valence-electron chi connectivity index (χ1n) is 9.10. The summed E-state index contributed by atoms with van der Waals surface area (Å²) in [5.74, 6) is 2.80. The highest BCUT2D eigenvalue weighted by Crippen LogP contribution is 2.28. The molecule has 2 N–H and O–H groups in total. The minimum absolute atomic E-state index is 0. The fraction of sp³-hybridized carbons (Fsp3) is 0.611. The molecule has 2 heterocycles. The van der Waals surface area contributed by atoms with Crippen LogP contribution in [0.4, 0.5) is 0 Å². The van der Waals surface area contributed by atoms with Gasteiger partial charge in [0.2, 0.25) is 0 Å². The molecule has 0 saturated heterocycles. The van der Waals surface area contributed by atoms with E-state index in [-0.39, 0.29) is 24.0 Å². The first-order valence-corrected chi connectivity index (χ1v) is 9.10. The Labute approximate surface area is 166 Å². The van der Waals surface area contributed by atoms with Gasteiger partial charge in [0, 0.05) is 32.8 Å². The molecule has 0 spiro atoms. The van der Waals surface area contributed by atoms with E-state index in [2.05, 4.69) is 25.8 Å². The molecule has 3 rings (SSSR count). The average molecular weight is 456 g/mol. The standard InChI is InChI=1S/C18H28N6.HI/c1-19-18(20-12-6-9-15-7-2-3-8-15)21-13-11-17-23-22-16-10-4-5-14-24(16)17;/h4-5,10,14-15H,2-3,6-9,11-13H2,1H3,(H2,19,20,21);1H. The predicted octanol–water partition coefficient (Wildman–Crippen LogP) is 3.03. The summed E-state index contributed by atoms with van der Waals surface area (Å²) in [7, 11) is 1.82. The van der Waals surface area contributed by atoms with Crippen molar-refractivity contribution in [3.8, 4) is 0 Å². The van der Waals surface area contributed by atoms with E-state index in [0.717, 1.165) is 42.9 Å². The first kappa shape index (κ1) is 19.9. The van der Waals surface area contributed by atoms with Crippen molar-refractivity contribution >= 4 is 35.6 Å². The highest BCUT2D eigenvalue weighted by atomic mass is 127. The molecule has 1 aliphatic rings. The number of aromatic nitrogens is 3. The largest absolute Gasteiger partial charge is 0.356 e. The quantitative estimate of drug-likeness (QED) is 0.291. The number of guanidine groups is 1. The van der Waals surface area contributed by atoms with Crippen LogP contribution in [0.1, 0.15) is 44.3 Å². The summed E-state index contributed by atoms with van der Waals surface area (Å²) in [6.45, 7) is 1.78. The Morgan fingerprint density at radius 3 is 2.80 bits per heavy atom. The maximum absolute atomic E-state index is 4.29. The number of nitrogens with one attached hydrogen (secondary N) is 2. The lowest BCUT2D eigenvalue weighted by molar-refractivity contribution is 0.481. The van der Waals surface area contributed by atoms with Gasteiger partial charge >= 0.3 is 0 Å². The molecule has 138 valence electrons. The average Bonchev–Trinajstić information content (AvgIpc) is 3.27. The lowest BCUT2D eigenvalue weighted by Gasteiger charge is -2.13. The second-order valence-electron chi connectivity index (χ2n) is 6.51. The fourth-order valence-electron chi connectivity index (χ4n) is 3.47. The van der Waals surface area contributed by atoms with Crippen molar-refractivity contribution in [3.05, 3.63) is 30.2 Å². The molecule has 6 nitrogen and oxygen atoms in total. The van der Waals surface area contributed by atoms with Crippen molar-refractivity contribution in [1.82, 2.24) is 25.2 Å². The summed E-state index contributed by atoms with van der Waals surface area (Å²) in [5, 5.41) is 15.2. The van der Waals surface area contributed by atoms with Gasteiger partial charge in [0.05, 0.1) is 0 Å². The molecule has 25 heavy (non-hydrogen) atoms. The van der Waals surface area contributed by atoms with Gasteiger partial charge in [-0.05, 0) is 30.9 Å². The molecule has 0 amide bonds. The molecule has 1 fully saturated rings. The van der Waals surface area contributed by atoms with Crippen molar-refractivity contribution in [2.75, 3.05) is 20.1 Å². The third kappa shape index (κ3) is 5.83. The van der Waals surface area contributed by atoms with Crippen LogP contribution >= 0.6 is 24.0 Å². The normalized spacial score (nSPS) is 15.3. The minimum atomic E-state index is 0. The van der Waals surface area contributed by atoms with Gasteiger partial charge < -0.3 is 10.6 Å². The van der Waals surface area contributed by atoms with Crippen molar-refractivity contribution in [3.63, 3.8) is 0 Å². The van der Waals surface area contributed by atoms with E-state index < -0.39 is 0 Å². The Balaban J connectivity index is 0.00000225. The van der Waals surface area contributed by atoms with Crippen LogP contribution in [0.15, 0.2) is 29.4 Å². The van der Waals surface area contributed by atoms with E-state index in [4.69, 9.17) is 0 Å². The zero-order valence-corrected chi connectivity index (χ0v) is 17.3. The van der Waals surface area contributed by atoms with Crippen LogP contribution in [0.5, 0.6) is 0 Å². The number of pyridine rings is 1. The SMILES string of the molecule is CN=C(NCCCC1CCCC1)NCCc1nnc2ccccn12.I. The lowest BCUT2D eigenvalue weighted by Crippen LogP contribution is -2.39. The maximum atomic E-state index is 4.29. The van der Waals surface area contributed by atoms with Crippen LogP contribution in [0.3, 0.4) is 0 Å². The summed E-state index contributed by atoms with van der Waals surface area (Å²) < 4.78 is 2.03. The summed E-state index contributed by atoms with van der Waals surface area (Å²) in [4.78, 5) is 4.29. The van der Waals surface area contributed by atoms with E-state index in [1.54, 1.807) is 0 Å². The number of aliphatic imine (C=N–C) groups is 1. The minimum Gasteiger partial charge on any atom is -0.356 e. The van der Waals surface area contributed by atoms with E-state index in [1.165, 1.54) is 38.5 Å². The van der Waals surface area contributed by atoms with Crippen LogP contribution < -0.4 is 10.6 Å². The predicted molar refractivity (Wildman–Crippen MR) is 113 cm³/mol. The molecule has 2 aromatic heterocycles. The third-order valence-electron chi connectivity index (χ3n) is 4.81. The molecule has 1 saturated carbocycles. The topological polar surface area (TPSA) is 66.6 Å². The number of fused-ring (bicyclic) bond motifs is 1. The molecule has 0 radical (unpaired) electrons. The molecular formula is C18H29IN6. The van der Waals surface area contributed by atoms with E-state index in [0.29, 0.717) is 0 Å². The van der Waals surface area contributed by atoms with E-state index in [1.807, 2.05) is 35.8 Å². The summed E-state index contributed by atoms with van der Waals surface area (Å²) in [6, 6.07) is 5.94. The Kier molecular flexibility index (Phi) is 8.43. The van der Waals surface area contributed by atoms with Gasteiger partial charge in [0.15, 0.2) is 11.6 Å². The van der Waals surface area contributed by atoms with Gasteiger partial charge in [-0.15, -0.1) is 34.2 Å². The Morgan fingerprint density at radius 1 is 1.20 bits per heavy atom. The highest BCUT2D eigenvalue weighted by Gasteiger charge is 2.14. The summed E-state index contributed by atoms with van der Waals surface area (Å²) in [5.41, 5.74) is 0.891. The Bertz CT molecular complexity index is 662. The maximum Gasteiger partial charge on any atom is 0.190 e. The number of rotatable bonds is 7. The number of halogens is 1. The van der Waals surface area contributed by atoms with Gasteiger partial charge in [-0.2, -0.15) is 0 Å². The Hall–Kier alpha value is -1.38. The second kappa shape index (κ2) is 10.6. The first-order chi connectivity index (χ1) is 11.9. The van der Waals surface area contributed by atoms with Gasteiger partial charge in [0.1, 0.15) is 5.82 Å². The molecule has 0 aromatic carbocycles. The monoisotopic (exact) mass is 456 g/mol. The number of hydrogen-bond donors (Lipinski definition) is 2. The molecule has 0 bridgehead atoms. The molecule has 0 aliphatic heterocycles. The van der Waals surface area contributed by atoms with Crippen molar-refractivity contribution in [1.29, 1.82) is 0 Å². The molecule has 1 aliphatic carbocycles. The second-order valence-corrected chi connectivity index (χ2v) is 6.51. The van der Waals surface area contributed by atoms with Crippen LogP contribution in [-0.2, 0) is 6.42 Å². The summed E-state index contributed by atoms with van der Waals surface area (Å²) >= 11 is 0. The molecule has 2 aromatic rings. The molecule has 7 heteroatoms. The zero-order chi connectivity index (χ0) is 16.6. The Morgan fingerprint density at radius 2 is 2.00 bits per heavy atom. The summed E-state index contributed by atoms with van der Waals surface area (Å²) in [6.07, 6.45) is 11.1. The van der Waals surface area contributed by atoms with Gasteiger partial charge in [-0.25, -0.2) is 0 Å². The smallest absolute Gasteiger partial charge is 0.190 e. The highest BCUT2D eigenvalue weighted by molar-refractivity contribution is 14.0. The van der Waals surface area contributed by atoms with E-state index >= 15 is 0 Å². The number of hydrogen-bond acceptors (Lipinski definition) is 3. The molecule has 0 unspecified atom stereocenters. The van der Waals surface area contributed by atoms with Crippen molar-refractivity contribution in [2.24, 2.45) is 10.9 Å². The molecule has 0 atom stereocenters. The van der Waals surface area contributed by atoms with Gasteiger partial charge in [-0.1, -0.05) is 31.7 Å². The van der Waals surface area contributed by atoms with Gasteiger partial charge in [-0.3, -0.25) is 9.39 Å². The zero-order valence-electron chi connectivity index (χ0n) is 14.9. The molecular weight excluding hydrogens is 427 g/mol. The van der Waals surface area contributed by atoms with Crippen LogP contribution in [0, 0.1) is 5.92 Å². The third-order valence-corrected chi connectivity index (χ3v) is 4.81. The van der Waals surface area contributed by atoms with Crippen LogP contribution in [0.2, 0.25) is 0 Å². The number of nitrogens with zero attached hydrogens (tertiary/aromatic N) is 4. The fourth-order valence-corrected chi connectivity index (χ4v) is 3.47. The van der Waals surface area contributed by atoms with E-state index in [9.17, 15) is 0 Å². The van der Waals surface area contributed by atoms with Crippen LogP contribution in [-0.4, -0.2) is 40.7 Å².